The lowest BCUT2D eigenvalue weighted by atomic mass is 10.2. The average molecular weight is 237 g/mol. The van der Waals surface area contributed by atoms with Crippen molar-refractivity contribution in [1.82, 2.24) is 10.2 Å². The van der Waals surface area contributed by atoms with Crippen molar-refractivity contribution in [3.05, 3.63) is 42.3 Å². The van der Waals surface area contributed by atoms with Gasteiger partial charge in [0.25, 0.3) is 0 Å². The molecule has 1 heterocycles. The largest absolute Gasteiger partial charge is 0.488 e. The minimum Gasteiger partial charge on any atom is -0.488 e. The van der Waals surface area contributed by atoms with E-state index in [1.807, 2.05) is 12.1 Å². The molecule has 0 saturated carbocycles. The third kappa shape index (κ3) is 2.61. The Morgan fingerprint density at radius 2 is 2.12 bits per heavy atom. The van der Waals surface area contributed by atoms with Gasteiger partial charge in [-0.05, 0) is 24.3 Å². The summed E-state index contributed by atoms with van der Waals surface area (Å²) in [5.74, 6) is 1.19. The van der Waals surface area contributed by atoms with Gasteiger partial charge in [0.2, 0.25) is 12.3 Å². The average Bonchev–Trinajstić information content (AvgIpc) is 2.80. The van der Waals surface area contributed by atoms with Crippen molar-refractivity contribution >= 4 is 11.6 Å². The molecule has 0 radical (unpaired) electrons. The topological polar surface area (TPSA) is 48.2 Å². The highest BCUT2D eigenvalue weighted by molar-refractivity contribution is 6.29. The molecular formula is C11H9ClN2O2. The van der Waals surface area contributed by atoms with Gasteiger partial charge in [-0.15, -0.1) is 10.2 Å². The Labute approximate surface area is 97.5 Å². The highest BCUT2D eigenvalue weighted by Gasteiger charge is 2.03. The zero-order valence-electron chi connectivity index (χ0n) is 8.39. The maximum atomic E-state index is 5.59. The van der Waals surface area contributed by atoms with Crippen molar-refractivity contribution in [2.45, 2.75) is 0 Å². The first kappa shape index (κ1) is 10.7. The minimum absolute atomic E-state index is 0.293. The van der Waals surface area contributed by atoms with E-state index < -0.39 is 0 Å². The number of aromatic nitrogens is 2. The first-order valence-corrected chi connectivity index (χ1v) is 4.96. The lowest BCUT2D eigenvalue weighted by Gasteiger charge is -2.04. The van der Waals surface area contributed by atoms with Crippen LogP contribution in [0, 0.1) is 0 Å². The summed E-state index contributed by atoms with van der Waals surface area (Å²) in [6.07, 6.45) is 1.29. The van der Waals surface area contributed by atoms with E-state index in [0.717, 1.165) is 5.56 Å². The number of nitrogens with zero attached hydrogens (tertiary/aromatic N) is 2. The van der Waals surface area contributed by atoms with Crippen LogP contribution in [0.25, 0.3) is 11.5 Å². The fourth-order valence-electron chi connectivity index (χ4n) is 1.15. The van der Waals surface area contributed by atoms with Crippen LogP contribution in [0.3, 0.4) is 0 Å². The predicted octanol–water partition coefficient (Wildman–Crippen LogP) is 2.87. The third-order valence-electron chi connectivity index (χ3n) is 1.86. The molecule has 0 aliphatic carbocycles. The summed E-state index contributed by atoms with van der Waals surface area (Å²) in [6.45, 7) is 3.83. The minimum atomic E-state index is 0.293. The molecule has 0 bridgehead atoms. The fourth-order valence-corrected chi connectivity index (χ4v) is 1.21. The first-order chi connectivity index (χ1) is 7.75. The van der Waals surface area contributed by atoms with E-state index in [2.05, 4.69) is 16.8 Å². The Hall–Kier alpha value is -1.81. The standard InChI is InChI=1S/C11H9ClN2O2/c1-8(12)6-15-10-4-2-9(3-5-10)11-14-13-7-16-11/h2-5,7H,1,6H2. The normalized spacial score (nSPS) is 10.1. The second-order valence-electron chi connectivity index (χ2n) is 3.07. The SMILES string of the molecule is C=C(Cl)COc1ccc(-c2nnco2)cc1. The Kier molecular flexibility index (Phi) is 3.22. The molecule has 0 aliphatic rings. The van der Waals surface area contributed by atoms with Gasteiger partial charge in [-0.25, -0.2) is 0 Å². The van der Waals surface area contributed by atoms with Gasteiger partial charge in [0.05, 0.1) is 0 Å². The molecule has 1 aromatic heterocycles. The molecule has 0 spiro atoms. The quantitative estimate of drug-likeness (QED) is 0.819. The van der Waals surface area contributed by atoms with Gasteiger partial charge in [0, 0.05) is 10.6 Å². The Morgan fingerprint density at radius 3 is 2.69 bits per heavy atom. The maximum absolute atomic E-state index is 5.59. The van der Waals surface area contributed by atoms with E-state index in [-0.39, 0.29) is 0 Å². The van der Waals surface area contributed by atoms with Crippen LogP contribution in [0.4, 0.5) is 0 Å². The van der Waals surface area contributed by atoms with Crippen molar-refractivity contribution in [2.24, 2.45) is 0 Å². The fraction of sp³-hybridized carbons (Fsp3) is 0.0909. The van der Waals surface area contributed by atoms with Crippen molar-refractivity contribution in [2.75, 3.05) is 6.61 Å². The molecule has 0 unspecified atom stereocenters. The van der Waals surface area contributed by atoms with Crippen molar-refractivity contribution < 1.29 is 9.15 Å². The van der Waals surface area contributed by atoms with Crippen LogP contribution >= 0.6 is 11.6 Å². The number of ether oxygens (including phenoxy) is 1. The highest BCUT2D eigenvalue weighted by Crippen LogP contribution is 2.20. The van der Waals surface area contributed by atoms with Crippen molar-refractivity contribution in [1.29, 1.82) is 0 Å². The van der Waals surface area contributed by atoms with Gasteiger partial charge >= 0.3 is 0 Å². The van der Waals surface area contributed by atoms with Crippen LogP contribution in [0.15, 0.2) is 46.7 Å². The lowest BCUT2D eigenvalue weighted by molar-refractivity contribution is 0.359. The van der Waals surface area contributed by atoms with E-state index in [4.69, 9.17) is 20.8 Å². The summed E-state index contributed by atoms with van der Waals surface area (Å²) in [7, 11) is 0. The summed E-state index contributed by atoms with van der Waals surface area (Å²) in [5.41, 5.74) is 0.842. The van der Waals surface area contributed by atoms with Crippen molar-refractivity contribution in [3.8, 4) is 17.2 Å². The zero-order chi connectivity index (χ0) is 11.4. The molecule has 0 amide bonds. The number of rotatable bonds is 4. The van der Waals surface area contributed by atoms with Gasteiger partial charge in [0.15, 0.2) is 0 Å². The summed E-state index contributed by atoms with van der Waals surface area (Å²) >= 11 is 5.59. The molecular weight excluding hydrogens is 228 g/mol. The second-order valence-corrected chi connectivity index (χ2v) is 3.61. The Morgan fingerprint density at radius 1 is 1.38 bits per heavy atom. The molecule has 82 valence electrons. The molecule has 0 atom stereocenters. The molecule has 1 aromatic carbocycles. The van der Waals surface area contributed by atoms with E-state index in [1.54, 1.807) is 12.1 Å². The maximum Gasteiger partial charge on any atom is 0.247 e. The van der Waals surface area contributed by atoms with Crippen LogP contribution in [0.1, 0.15) is 0 Å². The molecule has 4 nitrogen and oxygen atoms in total. The van der Waals surface area contributed by atoms with E-state index >= 15 is 0 Å². The van der Waals surface area contributed by atoms with E-state index in [1.165, 1.54) is 6.39 Å². The molecule has 0 aliphatic heterocycles. The van der Waals surface area contributed by atoms with Crippen LogP contribution < -0.4 is 4.74 Å². The van der Waals surface area contributed by atoms with E-state index in [0.29, 0.717) is 23.3 Å². The lowest BCUT2D eigenvalue weighted by Crippen LogP contribution is -1.95. The molecule has 0 N–H and O–H groups in total. The molecule has 2 aromatic rings. The zero-order valence-corrected chi connectivity index (χ0v) is 9.15. The summed E-state index contributed by atoms with van der Waals surface area (Å²) in [6, 6.07) is 7.28. The smallest absolute Gasteiger partial charge is 0.247 e. The molecule has 0 fully saturated rings. The van der Waals surface area contributed by atoms with Crippen LogP contribution in [-0.2, 0) is 0 Å². The Bertz CT molecular complexity index is 465. The van der Waals surface area contributed by atoms with Gasteiger partial charge in [0.1, 0.15) is 12.4 Å². The highest BCUT2D eigenvalue weighted by atomic mass is 35.5. The molecule has 16 heavy (non-hydrogen) atoms. The van der Waals surface area contributed by atoms with Gasteiger partial charge in [-0.1, -0.05) is 18.2 Å². The number of benzene rings is 1. The predicted molar refractivity (Wildman–Crippen MR) is 60.2 cm³/mol. The first-order valence-electron chi connectivity index (χ1n) is 4.58. The van der Waals surface area contributed by atoms with Crippen LogP contribution in [0.2, 0.25) is 0 Å². The molecule has 5 heteroatoms. The monoisotopic (exact) mass is 236 g/mol. The van der Waals surface area contributed by atoms with Crippen molar-refractivity contribution in [3.63, 3.8) is 0 Å². The summed E-state index contributed by atoms with van der Waals surface area (Å²) in [4.78, 5) is 0. The second kappa shape index (κ2) is 4.81. The number of hydrogen-bond acceptors (Lipinski definition) is 4. The number of hydrogen-bond donors (Lipinski definition) is 0. The molecule has 2 rings (SSSR count). The Balaban J connectivity index is 2.08. The van der Waals surface area contributed by atoms with Gasteiger partial charge in [-0.2, -0.15) is 0 Å². The molecule has 0 saturated heterocycles. The third-order valence-corrected chi connectivity index (χ3v) is 1.97. The summed E-state index contributed by atoms with van der Waals surface area (Å²) < 4.78 is 10.4. The number of halogens is 1. The van der Waals surface area contributed by atoms with Gasteiger partial charge < -0.3 is 9.15 Å². The van der Waals surface area contributed by atoms with E-state index in [9.17, 15) is 0 Å². The van der Waals surface area contributed by atoms with Crippen LogP contribution in [0.5, 0.6) is 5.75 Å². The van der Waals surface area contributed by atoms with Gasteiger partial charge in [-0.3, -0.25) is 0 Å². The summed E-state index contributed by atoms with van der Waals surface area (Å²) in [5, 5.41) is 7.86. The van der Waals surface area contributed by atoms with Crippen LogP contribution in [-0.4, -0.2) is 16.8 Å².